The van der Waals surface area contributed by atoms with Crippen molar-refractivity contribution in [2.45, 2.75) is 58.9 Å². The van der Waals surface area contributed by atoms with Crippen molar-refractivity contribution < 1.29 is 17.6 Å². The van der Waals surface area contributed by atoms with Gasteiger partial charge in [-0.3, -0.25) is 14.3 Å². The van der Waals surface area contributed by atoms with E-state index in [0.717, 1.165) is 38.1 Å². The summed E-state index contributed by atoms with van der Waals surface area (Å²) in [7, 11) is 0. The van der Waals surface area contributed by atoms with Crippen molar-refractivity contribution in [1.29, 1.82) is 0 Å². The maximum Gasteiger partial charge on any atom is 0.255 e. The van der Waals surface area contributed by atoms with Gasteiger partial charge in [-0.1, -0.05) is 6.07 Å². The molecule has 3 heterocycles. The van der Waals surface area contributed by atoms with Crippen molar-refractivity contribution in [1.82, 2.24) is 14.5 Å². The van der Waals surface area contributed by atoms with Crippen molar-refractivity contribution in [3.63, 3.8) is 0 Å². The maximum atomic E-state index is 15.8. The molecule has 2 aromatic heterocycles. The second kappa shape index (κ2) is 10.2. The third kappa shape index (κ3) is 5.05. The number of hydrogen-bond acceptors (Lipinski definition) is 4. The number of rotatable bonds is 4. The highest BCUT2D eigenvalue weighted by molar-refractivity contribution is 5.81. The molecule has 0 radical (unpaired) electrons. The Morgan fingerprint density at radius 1 is 0.974 bits per heavy atom. The maximum absolute atomic E-state index is 15.8. The molecule has 0 aliphatic carbocycles. The number of oxazole rings is 1. The highest BCUT2D eigenvalue weighted by Crippen LogP contribution is 2.42. The van der Waals surface area contributed by atoms with Crippen LogP contribution in [0.5, 0.6) is 0 Å². The highest BCUT2D eigenvalue weighted by Gasteiger charge is 2.32. The lowest BCUT2D eigenvalue weighted by Gasteiger charge is -2.40. The van der Waals surface area contributed by atoms with Crippen LogP contribution in [0.1, 0.15) is 56.5 Å². The number of nitrogens with zero attached hydrogens (tertiary/aromatic N) is 3. The standard InChI is InChI=1S/C31H32F3N3O2/c1-18-16-24(34)26(19(2)28(18)37-13-7-6-8-25(37)38)27-29(22-10-9-21(32)17-23(22)33)39-30(35-27)20-11-14-36(15-12-20)31(3,4)5/h6-10,13,16-17,20H,11-12,14-15H2,1-5H3. The molecule has 1 saturated heterocycles. The number of likely N-dealkylation sites (tertiary alicyclic amines) is 1. The molecule has 39 heavy (non-hydrogen) atoms. The van der Waals surface area contributed by atoms with Crippen LogP contribution in [0, 0.1) is 31.3 Å². The van der Waals surface area contributed by atoms with E-state index in [2.05, 4.69) is 25.7 Å². The van der Waals surface area contributed by atoms with Crippen LogP contribution < -0.4 is 5.56 Å². The number of hydrogen-bond donors (Lipinski definition) is 0. The molecule has 0 amide bonds. The molecular weight excluding hydrogens is 503 g/mol. The van der Waals surface area contributed by atoms with Crippen molar-refractivity contribution in [3.05, 3.63) is 93.5 Å². The van der Waals surface area contributed by atoms with Gasteiger partial charge < -0.3 is 4.42 Å². The van der Waals surface area contributed by atoms with Gasteiger partial charge in [0.15, 0.2) is 11.7 Å². The van der Waals surface area contributed by atoms with Gasteiger partial charge in [0.2, 0.25) is 0 Å². The Morgan fingerprint density at radius 2 is 1.69 bits per heavy atom. The zero-order valence-electron chi connectivity index (χ0n) is 22.8. The quantitative estimate of drug-likeness (QED) is 0.278. The lowest BCUT2D eigenvalue weighted by Crippen LogP contribution is -2.45. The van der Waals surface area contributed by atoms with Gasteiger partial charge in [-0.25, -0.2) is 18.2 Å². The Morgan fingerprint density at radius 3 is 2.33 bits per heavy atom. The van der Waals surface area contributed by atoms with E-state index >= 15 is 8.78 Å². The number of benzene rings is 2. The molecule has 1 aliphatic rings. The first-order chi connectivity index (χ1) is 18.5. The first-order valence-electron chi connectivity index (χ1n) is 13.1. The van der Waals surface area contributed by atoms with Gasteiger partial charge in [-0.2, -0.15) is 0 Å². The molecule has 0 saturated carbocycles. The van der Waals surface area contributed by atoms with E-state index in [-0.39, 0.29) is 39.6 Å². The van der Waals surface area contributed by atoms with Crippen molar-refractivity contribution in [2.75, 3.05) is 13.1 Å². The summed E-state index contributed by atoms with van der Waals surface area (Å²) < 4.78 is 52.3. The van der Waals surface area contributed by atoms with Crippen LogP contribution >= 0.6 is 0 Å². The highest BCUT2D eigenvalue weighted by atomic mass is 19.1. The SMILES string of the molecule is Cc1cc(F)c(-c2nc(C3CCN(C(C)(C)C)CC3)oc2-c2ccc(F)cc2F)c(C)c1-n1ccccc1=O. The normalized spacial score (nSPS) is 15.2. The minimum Gasteiger partial charge on any atom is -0.440 e. The number of pyridine rings is 1. The van der Waals surface area contributed by atoms with Crippen LogP contribution in [-0.4, -0.2) is 33.1 Å². The minimum absolute atomic E-state index is 0.00456. The summed E-state index contributed by atoms with van der Waals surface area (Å²) in [4.78, 5) is 19.8. The summed E-state index contributed by atoms with van der Waals surface area (Å²) in [5.74, 6) is -1.72. The van der Waals surface area contributed by atoms with E-state index in [0.29, 0.717) is 22.7 Å². The topological polar surface area (TPSA) is 51.3 Å². The van der Waals surface area contributed by atoms with Crippen molar-refractivity contribution >= 4 is 0 Å². The second-order valence-corrected chi connectivity index (χ2v) is 11.2. The van der Waals surface area contributed by atoms with Gasteiger partial charge in [-0.05, 0) is 95.9 Å². The first kappa shape index (κ1) is 26.9. The van der Waals surface area contributed by atoms with E-state index in [1.807, 2.05) is 0 Å². The summed E-state index contributed by atoms with van der Waals surface area (Å²) in [6, 6.07) is 9.33. The molecule has 0 atom stereocenters. The first-order valence-corrected chi connectivity index (χ1v) is 13.1. The average molecular weight is 536 g/mol. The Bertz CT molecular complexity index is 1590. The lowest BCUT2D eigenvalue weighted by atomic mass is 9.93. The summed E-state index contributed by atoms with van der Waals surface area (Å²) in [6.45, 7) is 11.6. The fraction of sp³-hybridized carbons (Fsp3) is 0.355. The second-order valence-electron chi connectivity index (χ2n) is 11.2. The zero-order chi connectivity index (χ0) is 28.1. The molecule has 0 spiro atoms. The molecule has 8 heteroatoms. The Labute approximate surface area is 225 Å². The van der Waals surface area contributed by atoms with E-state index < -0.39 is 17.5 Å². The average Bonchev–Trinajstić information content (AvgIpc) is 3.29. The minimum atomic E-state index is -0.828. The van der Waals surface area contributed by atoms with Gasteiger partial charge in [-0.15, -0.1) is 0 Å². The zero-order valence-corrected chi connectivity index (χ0v) is 22.8. The monoisotopic (exact) mass is 535 g/mol. The third-order valence-electron chi connectivity index (χ3n) is 7.60. The van der Waals surface area contributed by atoms with Gasteiger partial charge in [0.1, 0.15) is 23.1 Å². The predicted molar refractivity (Wildman–Crippen MR) is 146 cm³/mol. The Hall–Kier alpha value is -3.65. The van der Waals surface area contributed by atoms with Crippen LogP contribution in [-0.2, 0) is 0 Å². The Kier molecular flexibility index (Phi) is 7.01. The molecule has 204 valence electrons. The van der Waals surface area contributed by atoms with E-state index in [1.165, 1.54) is 22.8 Å². The van der Waals surface area contributed by atoms with Crippen LogP contribution in [0.4, 0.5) is 13.2 Å². The van der Waals surface area contributed by atoms with Gasteiger partial charge in [0.05, 0.1) is 11.3 Å². The molecule has 2 aromatic carbocycles. The number of aryl methyl sites for hydroxylation is 1. The summed E-state index contributed by atoms with van der Waals surface area (Å²) in [5, 5.41) is 0. The molecule has 1 aliphatic heterocycles. The van der Waals surface area contributed by atoms with Crippen LogP contribution in [0.2, 0.25) is 0 Å². The molecule has 5 rings (SSSR count). The molecule has 4 aromatic rings. The van der Waals surface area contributed by atoms with Crippen molar-refractivity contribution in [3.8, 4) is 28.3 Å². The molecule has 5 nitrogen and oxygen atoms in total. The number of halogens is 3. The van der Waals surface area contributed by atoms with Gasteiger partial charge in [0, 0.05) is 35.3 Å². The van der Waals surface area contributed by atoms with Crippen molar-refractivity contribution in [2.24, 2.45) is 0 Å². The fourth-order valence-electron chi connectivity index (χ4n) is 5.53. The van der Waals surface area contributed by atoms with Crippen LogP contribution in [0.3, 0.4) is 0 Å². The number of aromatic nitrogens is 2. The third-order valence-corrected chi connectivity index (χ3v) is 7.60. The van der Waals surface area contributed by atoms with E-state index in [1.54, 1.807) is 32.2 Å². The largest absolute Gasteiger partial charge is 0.440 e. The molecule has 1 fully saturated rings. The molecule has 0 N–H and O–H groups in total. The summed E-state index contributed by atoms with van der Waals surface area (Å²) in [6.07, 6.45) is 3.18. The summed E-state index contributed by atoms with van der Waals surface area (Å²) >= 11 is 0. The van der Waals surface area contributed by atoms with E-state index in [4.69, 9.17) is 9.40 Å². The smallest absolute Gasteiger partial charge is 0.255 e. The van der Waals surface area contributed by atoms with E-state index in [9.17, 15) is 9.18 Å². The fourth-order valence-corrected chi connectivity index (χ4v) is 5.53. The van der Waals surface area contributed by atoms with Crippen LogP contribution in [0.25, 0.3) is 28.3 Å². The lowest BCUT2D eigenvalue weighted by molar-refractivity contribution is 0.0976. The van der Waals surface area contributed by atoms with Gasteiger partial charge in [0.25, 0.3) is 5.56 Å². The molecule has 0 unspecified atom stereocenters. The Balaban J connectivity index is 1.69. The molecule has 0 bridgehead atoms. The molecular formula is C31H32F3N3O2. The van der Waals surface area contributed by atoms with Crippen LogP contribution in [0.15, 0.2) is 57.9 Å². The predicted octanol–water partition coefficient (Wildman–Crippen LogP) is 7.17. The van der Waals surface area contributed by atoms with Gasteiger partial charge >= 0.3 is 0 Å². The number of piperidine rings is 1. The summed E-state index contributed by atoms with van der Waals surface area (Å²) in [5.41, 5.74) is 1.56.